The first-order valence-electron chi connectivity index (χ1n) is 9.08. The van der Waals surface area contributed by atoms with E-state index in [1.807, 2.05) is 68.4 Å². The molecule has 6 heteroatoms. The fourth-order valence-electron chi connectivity index (χ4n) is 2.96. The molecule has 0 unspecified atom stereocenters. The van der Waals surface area contributed by atoms with E-state index in [1.165, 1.54) is 0 Å². The molecule has 5 nitrogen and oxygen atoms in total. The van der Waals surface area contributed by atoms with Crippen LogP contribution in [-0.4, -0.2) is 16.1 Å². The minimum atomic E-state index is -0.160. The van der Waals surface area contributed by atoms with Crippen LogP contribution in [0.5, 0.6) is 0 Å². The Morgan fingerprint density at radius 1 is 0.897 bits per heavy atom. The Balaban J connectivity index is 1.51. The zero-order valence-corrected chi connectivity index (χ0v) is 18.1. The Hall–Kier alpha value is -3.00. The van der Waals surface area contributed by atoms with Crippen LogP contribution < -0.4 is 5.32 Å². The second kappa shape index (κ2) is 8.16. The minimum Gasteiger partial charge on any atom is -0.416 e. The van der Waals surface area contributed by atoms with Crippen LogP contribution in [0, 0.1) is 17.4 Å². The van der Waals surface area contributed by atoms with Gasteiger partial charge in [0, 0.05) is 25.9 Å². The van der Waals surface area contributed by atoms with Crippen LogP contribution in [0.1, 0.15) is 21.5 Å². The van der Waals surface area contributed by atoms with E-state index in [9.17, 15) is 4.79 Å². The van der Waals surface area contributed by atoms with Crippen molar-refractivity contribution in [3.8, 4) is 22.9 Å². The quantitative estimate of drug-likeness (QED) is 0.360. The topological polar surface area (TPSA) is 68.0 Å². The van der Waals surface area contributed by atoms with Crippen molar-refractivity contribution < 1.29 is 9.21 Å². The molecule has 1 N–H and O–H groups in total. The van der Waals surface area contributed by atoms with Crippen LogP contribution >= 0.6 is 22.6 Å². The number of aromatic nitrogens is 2. The molecular weight excluding hydrogens is 477 g/mol. The Kier molecular flexibility index (Phi) is 5.44. The van der Waals surface area contributed by atoms with Crippen molar-refractivity contribution in [3.05, 3.63) is 87.0 Å². The predicted octanol–water partition coefficient (Wildman–Crippen LogP) is 5.88. The van der Waals surface area contributed by atoms with Gasteiger partial charge >= 0.3 is 0 Å². The summed E-state index contributed by atoms with van der Waals surface area (Å²) in [4.78, 5) is 12.6. The Morgan fingerprint density at radius 2 is 1.62 bits per heavy atom. The third-order valence-corrected chi connectivity index (χ3v) is 5.19. The summed E-state index contributed by atoms with van der Waals surface area (Å²) in [7, 11) is 0. The fraction of sp³-hybridized carbons (Fsp3) is 0.0870. The number of nitrogens with zero attached hydrogens (tertiary/aromatic N) is 2. The summed E-state index contributed by atoms with van der Waals surface area (Å²) in [5, 5.41) is 11.2. The first-order valence-corrected chi connectivity index (χ1v) is 10.2. The van der Waals surface area contributed by atoms with Gasteiger partial charge < -0.3 is 9.73 Å². The van der Waals surface area contributed by atoms with Gasteiger partial charge in [0.05, 0.1) is 0 Å². The maximum absolute atomic E-state index is 12.6. The lowest BCUT2D eigenvalue weighted by Gasteiger charge is -2.09. The Bertz CT molecular complexity index is 1180. The van der Waals surface area contributed by atoms with Gasteiger partial charge in [-0.2, -0.15) is 0 Å². The molecule has 0 saturated carbocycles. The number of carbonyl (C=O) groups excluding carboxylic acids is 1. The molecule has 0 spiro atoms. The third-order valence-electron chi connectivity index (χ3n) is 4.52. The van der Waals surface area contributed by atoms with Crippen LogP contribution in [0.2, 0.25) is 0 Å². The van der Waals surface area contributed by atoms with Crippen molar-refractivity contribution in [2.75, 3.05) is 5.32 Å². The number of aryl methyl sites for hydroxylation is 2. The average molecular weight is 495 g/mol. The maximum atomic E-state index is 12.6. The highest BCUT2D eigenvalue weighted by Gasteiger charge is 2.12. The molecular formula is C23H18IN3O2. The van der Waals surface area contributed by atoms with E-state index in [2.05, 4.69) is 38.1 Å². The minimum absolute atomic E-state index is 0.160. The summed E-state index contributed by atoms with van der Waals surface area (Å²) >= 11 is 2.25. The van der Waals surface area contributed by atoms with Crippen LogP contribution in [0.15, 0.2) is 71.1 Å². The van der Waals surface area contributed by atoms with Crippen LogP contribution in [0.25, 0.3) is 22.9 Å². The molecule has 0 saturated heterocycles. The molecule has 0 aliphatic rings. The third kappa shape index (κ3) is 4.37. The zero-order chi connectivity index (χ0) is 20.4. The predicted molar refractivity (Wildman–Crippen MR) is 122 cm³/mol. The molecule has 0 radical (unpaired) electrons. The number of nitrogens with one attached hydrogen (secondary N) is 1. The van der Waals surface area contributed by atoms with E-state index in [4.69, 9.17) is 4.42 Å². The van der Waals surface area contributed by atoms with Gasteiger partial charge in [-0.25, -0.2) is 0 Å². The van der Waals surface area contributed by atoms with Crippen molar-refractivity contribution in [3.63, 3.8) is 0 Å². The van der Waals surface area contributed by atoms with Gasteiger partial charge in [-0.3, -0.25) is 4.79 Å². The molecule has 1 amide bonds. The normalized spacial score (nSPS) is 10.7. The van der Waals surface area contributed by atoms with Crippen molar-refractivity contribution in [2.24, 2.45) is 0 Å². The molecule has 1 aromatic heterocycles. The van der Waals surface area contributed by atoms with Gasteiger partial charge in [0.2, 0.25) is 11.8 Å². The molecule has 1 heterocycles. The van der Waals surface area contributed by atoms with E-state index in [1.54, 1.807) is 12.1 Å². The molecule has 0 fully saturated rings. The first kappa shape index (κ1) is 19.3. The van der Waals surface area contributed by atoms with E-state index < -0.39 is 0 Å². The highest BCUT2D eigenvalue weighted by atomic mass is 127. The standard InChI is InChI=1S/C23H18IN3O2/c1-14-4-3-5-18(12-14)23-27-26-22(29-23)17-8-6-16(7-9-17)21(28)25-20-11-10-19(24)13-15(20)2/h3-13H,1-2H3,(H,25,28). The highest BCUT2D eigenvalue weighted by molar-refractivity contribution is 14.1. The maximum Gasteiger partial charge on any atom is 0.255 e. The monoisotopic (exact) mass is 495 g/mol. The Labute approximate surface area is 182 Å². The largest absolute Gasteiger partial charge is 0.416 e. The lowest BCUT2D eigenvalue weighted by molar-refractivity contribution is 0.102. The van der Waals surface area contributed by atoms with E-state index in [0.717, 1.165) is 31.5 Å². The fourth-order valence-corrected chi connectivity index (χ4v) is 3.61. The molecule has 0 aliphatic heterocycles. The van der Waals surface area contributed by atoms with Crippen molar-refractivity contribution in [1.29, 1.82) is 0 Å². The second-order valence-corrected chi connectivity index (χ2v) is 8.02. The summed E-state index contributed by atoms with van der Waals surface area (Å²) in [6, 6.07) is 20.9. The highest BCUT2D eigenvalue weighted by Crippen LogP contribution is 2.25. The van der Waals surface area contributed by atoms with Gasteiger partial charge in [0.25, 0.3) is 5.91 Å². The van der Waals surface area contributed by atoms with Gasteiger partial charge in [0.1, 0.15) is 0 Å². The average Bonchev–Trinajstić information content (AvgIpc) is 3.20. The number of anilines is 1. The number of hydrogen-bond acceptors (Lipinski definition) is 4. The molecule has 0 bridgehead atoms. The van der Waals surface area contributed by atoms with E-state index in [0.29, 0.717) is 17.3 Å². The number of rotatable bonds is 4. The van der Waals surface area contributed by atoms with Crippen LogP contribution in [0.4, 0.5) is 5.69 Å². The van der Waals surface area contributed by atoms with E-state index in [-0.39, 0.29) is 5.91 Å². The second-order valence-electron chi connectivity index (χ2n) is 6.77. The number of amides is 1. The molecule has 0 aliphatic carbocycles. The summed E-state index contributed by atoms with van der Waals surface area (Å²) in [6.07, 6.45) is 0. The molecule has 4 rings (SSSR count). The number of hydrogen-bond donors (Lipinski definition) is 1. The van der Waals surface area contributed by atoms with Crippen molar-refractivity contribution >= 4 is 34.2 Å². The van der Waals surface area contributed by atoms with Crippen LogP contribution in [0.3, 0.4) is 0 Å². The number of halogens is 1. The SMILES string of the molecule is Cc1cccc(-c2nnc(-c3ccc(C(=O)Nc4ccc(I)cc4C)cc3)o2)c1. The number of carbonyl (C=O) groups is 1. The lowest BCUT2D eigenvalue weighted by atomic mass is 10.1. The molecule has 3 aromatic carbocycles. The molecule has 29 heavy (non-hydrogen) atoms. The van der Waals surface area contributed by atoms with Gasteiger partial charge in [0.15, 0.2) is 0 Å². The summed E-state index contributed by atoms with van der Waals surface area (Å²) in [5.41, 5.74) is 5.16. The van der Waals surface area contributed by atoms with Gasteiger partial charge in [-0.1, -0.05) is 17.7 Å². The molecule has 144 valence electrons. The van der Waals surface area contributed by atoms with Crippen molar-refractivity contribution in [1.82, 2.24) is 10.2 Å². The van der Waals surface area contributed by atoms with Gasteiger partial charge in [-0.15, -0.1) is 10.2 Å². The van der Waals surface area contributed by atoms with Gasteiger partial charge in [-0.05, 0) is 96.6 Å². The Morgan fingerprint density at radius 3 is 2.31 bits per heavy atom. The lowest BCUT2D eigenvalue weighted by Crippen LogP contribution is -2.12. The van der Waals surface area contributed by atoms with E-state index >= 15 is 0 Å². The molecule has 4 aromatic rings. The summed E-state index contributed by atoms with van der Waals surface area (Å²) in [5.74, 6) is 0.730. The zero-order valence-electron chi connectivity index (χ0n) is 15.9. The molecule has 0 atom stereocenters. The summed E-state index contributed by atoms with van der Waals surface area (Å²) < 4.78 is 6.94. The first-order chi connectivity index (χ1) is 14.0. The van der Waals surface area contributed by atoms with Crippen LogP contribution in [-0.2, 0) is 0 Å². The smallest absolute Gasteiger partial charge is 0.255 e. The summed E-state index contributed by atoms with van der Waals surface area (Å²) in [6.45, 7) is 3.99. The van der Waals surface area contributed by atoms with Crippen molar-refractivity contribution in [2.45, 2.75) is 13.8 Å². The number of benzene rings is 3.